The lowest BCUT2D eigenvalue weighted by Crippen LogP contribution is -2.42. The minimum absolute atomic E-state index is 0.208. The zero-order valence-electron chi connectivity index (χ0n) is 17.6. The number of likely N-dealkylation sites (tertiary alicyclic amines) is 1. The molecule has 1 saturated heterocycles. The molecule has 0 aliphatic carbocycles. The van der Waals surface area contributed by atoms with Gasteiger partial charge in [-0.15, -0.1) is 0 Å². The standard InChI is InChI=1S/C23H28N4O2/c1-16-10-12-27-21(13-16)18(14-24-27)20-9-5-8-19(25-20)17-7-6-11-26(15-17)22(28)29-23(2,3)4/h5,8-10,12-14,17H,6-7,11,15H2,1-4H3. The fourth-order valence-corrected chi connectivity index (χ4v) is 3.82. The van der Waals surface area contributed by atoms with Gasteiger partial charge < -0.3 is 9.64 Å². The van der Waals surface area contributed by atoms with Crippen molar-refractivity contribution in [1.29, 1.82) is 0 Å². The van der Waals surface area contributed by atoms with Crippen LogP contribution in [0.1, 0.15) is 50.8 Å². The molecule has 0 bridgehead atoms. The number of nitrogens with zero attached hydrogens (tertiary/aromatic N) is 4. The van der Waals surface area contributed by atoms with E-state index >= 15 is 0 Å². The normalized spacial score (nSPS) is 17.5. The Morgan fingerprint density at radius 2 is 2.07 bits per heavy atom. The molecule has 0 N–H and O–H groups in total. The Bertz CT molecular complexity index is 1030. The van der Waals surface area contributed by atoms with E-state index in [0.29, 0.717) is 6.54 Å². The van der Waals surface area contributed by atoms with Crippen LogP contribution in [0.3, 0.4) is 0 Å². The predicted molar refractivity (Wildman–Crippen MR) is 113 cm³/mol. The number of carbonyl (C=O) groups is 1. The van der Waals surface area contributed by atoms with Gasteiger partial charge in [-0.25, -0.2) is 9.31 Å². The highest BCUT2D eigenvalue weighted by molar-refractivity contribution is 5.78. The number of ether oxygens (including phenoxy) is 1. The third-order valence-corrected chi connectivity index (χ3v) is 5.21. The Hall–Kier alpha value is -2.89. The molecule has 1 atom stereocenters. The van der Waals surface area contributed by atoms with Gasteiger partial charge >= 0.3 is 6.09 Å². The number of fused-ring (bicyclic) bond motifs is 1. The third-order valence-electron chi connectivity index (χ3n) is 5.21. The molecule has 1 amide bonds. The number of amides is 1. The van der Waals surface area contributed by atoms with Crippen molar-refractivity contribution in [3.63, 3.8) is 0 Å². The van der Waals surface area contributed by atoms with E-state index in [-0.39, 0.29) is 12.0 Å². The molecule has 0 aromatic carbocycles. The number of carbonyl (C=O) groups excluding carboxylic acids is 1. The summed E-state index contributed by atoms with van der Waals surface area (Å²) in [5.41, 5.74) is 4.71. The summed E-state index contributed by atoms with van der Waals surface area (Å²) < 4.78 is 7.44. The van der Waals surface area contributed by atoms with Gasteiger partial charge in [-0.05, 0) is 70.4 Å². The van der Waals surface area contributed by atoms with E-state index in [4.69, 9.17) is 9.72 Å². The average molecular weight is 393 g/mol. The van der Waals surface area contributed by atoms with Gasteiger partial charge in [-0.1, -0.05) is 6.07 Å². The molecule has 0 spiro atoms. The molecule has 6 heteroatoms. The first-order valence-electron chi connectivity index (χ1n) is 10.2. The summed E-state index contributed by atoms with van der Waals surface area (Å²) in [4.78, 5) is 19.3. The van der Waals surface area contributed by atoms with Gasteiger partial charge in [0.1, 0.15) is 5.60 Å². The van der Waals surface area contributed by atoms with Crippen molar-refractivity contribution < 1.29 is 9.53 Å². The highest BCUT2D eigenvalue weighted by atomic mass is 16.6. The van der Waals surface area contributed by atoms with E-state index in [0.717, 1.165) is 41.9 Å². The van der Waals surface area contributed by atoms with E-state index < -0.39 is 5.60 Å². The van der Waals surface area contributed by atoms with Crippen LogP contribution >= 0.6 is 0 Å². The maximum absolute atomic E-state index is 12.5. The van der Waals surface area contributed by atoms with Crippen molar-refractivity contribution in [2.45, 2.75) is 52.1 Å². The molecule has 6 nitrogen and oxygen atoms in total. The molecular weight excluding hydrogens is 364 g/mol. The molecule has 152 valence electrons. The molecule has 4 heterocycles. The van der Waals surface area contributed by atoms with Crippen LogP contribution in [0.5, 0.6) is 0 Å². The van der Waals surface area contributed by atoms with Gasteiger partial charge in [-0.3, -0.25) is 4.98 Å². The van der Waals surface area contributed by atoms with Crippen molar-refractivity contribution in [1.82, 2.24) is 19.5 Å². The first-order valence-corrected chi connectivity index (χ1v) is 10.2. The highest BCUT2D eigenvalue weighted by Gasteiger charge is 2.29. The molecule has 1 aliphatic heterocycles. The van der Waals surface area contributed by atoms with Crippen molar-refractivity contribution in [3.05, 3.63) is 54.0 Å². The lowest BCUT2D eigenvalue weighted by Gasteiger charge is -2.34. The summed E-state index contributed by atoms with van der Waals surface area (Å²) in [5.74, 6) is 0.208. The van der Waals surface area contributed by atoms with Gasteiger partial charge in [0.25, 0.3) is 0 Å². The molecule has 3 aromatic rings. The van der Waals surface area contributed by atoms with Crippen molar-refractivity contribution >= 4 is 11.6 Å². The highest BCUT2D eigenvalue weighted by Crippen LogP contribution is 2.30. The predicted octanol–water partition coefficient (Wildman–Crippen LogP) is 4.82. The quantitative estimate of drug-likeness (QED) is 0.627. The summed E-state index contributed by atoms with van der Waals surface area (Å²) >= 11 is 0. The molecule has 1 fully saturated rings. The number of hydrogen-bond acceptors (Lipinski definition) is 4. The lowest BCUT2D eigenvalue weighted by atomic mass is 9.94. The van der Waals surface area contributed by atoms with Crippen LogP contribution in [0.15, 0.2) is 42.7 Å². The fourth-order valence-electron chi connectivity index (χ4n) is 3.82. The number of hydrogen-bond donors (Lipinski definition) is 0. The zero-order valence-corrected chi connectivity index (χ0v) is 17.6. The SMILES string of the molecule is Cc1ccn2ncc(-c3cccc(C4CCCN(C(=O)OC(C)(C)C)C4)n3)c2c1. The van der Waals surface area contributed by atoms with Crippen molar-refractivity contribution in [3.8, 4) is 11.3 Å². The zero-order chi connectivity index (χ0) is 20.6. The summed E-state index contributed by atoms with van der Waals surface area (Å²) in [7, 11) is 0. The molecule has 4 rings (SSSR count). The number of pyridine rings is 2. The van der Waals surface area contributed by atoms with Crippen molar-refractivity contribution in [2.24, 2.45) is 0 Å². The summed E-state index contributed by atoms with van der Waals surface area (Å²) in [6.07, 6.45) is 5.57. The maximum atomic E-state index is 12.5. The monoisotopic (exact) mass is 392 g/mol. The van der Waals surface area contributed by atoms with Crippen LogP contribution in [0.4, 0.5) is 4.79 Å². The van der Waals surface area contributed by atoms with E-state index in [1.54, 1.807) is 0 Å². The van der Waals surface area contributed by atoms with Crippen molar-refractivity contribution in [2.75, 3.05) is 13.1 Å². The maximum Gasteiger partial charge on any atom is 0.410 e. The number of aryl methyl sites for hydroxylation is 1. The Balaban J connectivity index is 1.58. The molecular formula is C23H28N4O2. The molecule has 0 radical (unpaired) electrons. The first kappa shape index (κ1) is 19.4. The second-order valence-electron chi connectivity index (χ2n) is 8.81. The summed E-state index contributed by atoms with van der Waals surface area (Å²) in [6.45, 7) is 9.14. The number of rotatable bonds is 2. The minimum Gasteiger partial charge on any atom is -0.444 e. The molecule has 3 aromatic heterocycles. The Morgan fingerprint density at radius 3 is 2.86 bits per heavy atom. The fraction of sp³-hybridized carbons (Fsp3) is 0.435. The molecule has 0 saturated carbocycles. The number of piperidine rings is 1. The largest absolute Gasteiger partial charge is 0.444 e. The van der Waals surface area contributed by atoms with E-state index in [1.165, 1.54) is 5.56 Å². The van der Waals surface area contributed by atoms with Crippen LogP contribution in [-0.4, -0.2) is 44.3 Å². The second-order valence-corrected chi connectivity index (χ2v) is 8.81. The van der Waals surface area contributed by atoms with Gasteiger partial charge in [-0.2, -0.15) is 5.10 Å². The Morgan fingerprint density at radius 1 is 1.24 bits per heavy atom. The number of aromatic nitrogens is 3. The molecule has 1 aliphatic rings. The molecule has 29 heavy (non-hydrogen) atoms. The van der Waals surface area contributed by atoms with Gasteiger partial charge in [0, 0.05) is 36.5 Å². The molecule has 1 unspecified atom stereocenters. The average Bonchev–Trinajstić information content (AvgIpc) is 3.10. The van der Waals surface area contributed by atoms with E-state index in [2.05, 4.69) is 24.2 Å². The van der Waals surface area contributed by atoms with Gasteiger partial charge in [0.15, 0.2) is 0 Å². The minimum atomic E-state index is -0.482. The third kappa shape index (κ3) is 4.26. The summed E-state index contributed by atoms with van der Waals surface area (Å²) in [6, 6.07) is 10.3. The van der Waals surface area contributed by atoms with E-state index in [1.807, 2.05) is 60.8 Å². The Kier molecular flexibility index (Phi) is 5.03. The second kappa shape index (κ2) is 7.50. The van der Waals surface area contributed by atoms with Crippen LogP contribution in [-0.2, 0) is 4.74 Å². The van der Waals surface area contributed by atoms with Crippen LogP contribution in [0.25, 0.3) is 16.8 Å². The smallest absolute Gasteiger partial charge is 0.410 e. The summed E-state index contributed by atoms with van der Waals surface area (Å²) in [5, 5.41) is 4.45. The van der Waals surface area contributed by atoms with Gasteiger partial charge in [0.2, 0.25) is 0 Å². The lowest BCUT2D eigenvalue weighted by molar-refractivity contribution is 0.0197. The van der Waals surface area contributed by atoms with E-state index in [9.17, 15) is 4.79 Å². The van der Waals surface area contributed by atoms with Crippen LogP contribution in [0.2, 0.25) is 0 Å². The van der Waals surface area contributed by atoms with Gasteiger partial charge in [0.05, 0.1) is 17.4 Å². The topological polar surface area (TPSA) is 59.7 Å². The Labute approximate surface area is 171 Å². The van der Waals surface area contributed by atoms with Crippen LogP contribution in [0, 0.1) is 6.92 Å². The first-order chi connectivity index (χ1) is 13.8. The van der Waals surface area contributed by atoms with Crippen LogP contribution < -0.4 is 0 Å².